The normalized spacial score (nSPS) is 10.9. The summed E-state index contributed by atoms with van der Waals surface area (Å²) < 4.78 is 0. The molecule has 0 aliphatic rings. The highest BCUT2D eigenvalue weighted by atomic mass is 35.5. The van der Waals surface area contributed by atoms with Gasteiger partial charge in [-0.3, -0.25) is 4.79 Å². The molecule has 0 aliphatic heterocycles. The fourth-order valence-corrected chi connectivity index (χ4v) is 1.80. The predicted molar refractivity (Wildman–Crippen MR) is 74.7 cm³/mol. The molecule has 5 nitrogen and oxygen atoms in total. The second-order valence-electron chi connectivity index (χ2n) is 4.97. The molecule has 0 spiro atoms. The van der Waals surface area contributed by atoms with Gasteiger partial charge in [0.15, 0.2) is 0 Å². The average Bonchev–Trinajstić information content (AvgIpc) is 2.21. The number of halogens is 1. The first-order chi connectivity index (χ1) is 8.71. The van der Waals surface area contributed by atoms with E-state index in [0.717, 1.165) is 5.56 Å². The number of carboxylic acids is 1. The van der Waals surface area contributed by atoms with Crippen molar-refractivity contribution in [1.82, 2.24) is 5.32 Å². The summed E-state index contributed by atoms with van der Waals surface area (Å²) in [4.78, 5) is 22.5. The van der Waals surface area contributed by atoms with Crippen LogP contribution in [0.4, 0.5) is 10.5 Å². The number of carboxylic acid groups (broad SMARTS) is 1. The molecule has 1 aromatic rings. The molecule has 19 heavy (non-hydrogen) atoms. The molecule has 3 N–H and O–H groups in total. The third-order valence-corrected chi connectivity index (χ3v) is 2.99. The second-order valence-corrected chi connectivity index (χ2v) is 5.35. The van der Waals surface area contributed by atoms with Gasteiger partial charge in [-0.2, -0.15) is 0 Å². The molecule has 0 saturated carbocycles. The summed E-state index contributed by atoms with van der Waals surface area (Å²) in [7, 11) is 0. The average molecular weight is 285 g/mol. The van der Waals surface area contributed by atoms with Gasteiger partial charge in [-0.1, -0.05) is 23.7 Å². The third-order valence-electron chi connectivity index (χ3n) is 2.49. The van der Waals surface area contributed by atoms with E-state index < -0.39 is 17.5 Å². The van der Waals surface area contributed by atoms with Crippen molar-refractivity contribution in [2.45, 2.75) is 32.7 Å². The molecular weight excluding hydrogens is 268 g/mol. The maximum atomic E-state index is 11.8. The Morgan fingerprint density at radius 1 is 1.37 bits per heavy atom. The number of benzene rings is 1. The number of nitrogens with one attached hydrogen (secondary N) is 2. The molecule has 0 fully saturated rings. The van der Waals surface area contributed by atoms with Crippen molar-refractivity contribution < 1.29 is 14.7 Å². The first-order valence-corrected chi connectivity index (χ1v) is 6.15. The largest absolute Gasteiger partial charge is 0.481 e. The fraction of sp³-hybridized carbons (Fsp3) is 0.385. The lowest BCUT2D eigenvalue weighted by molar-refractivity contribution is -0.138. The van der Waals surface area contributed by atoms with Gasteiger partial charge in [0.05, 0.1) is 17.1 Å². The van der Waals surface area contributed by atoms with Crippen molar-refractivity contribution in [3.8, 4) is 0 Å². The Labute approximate surface area is 117 Å². The smallest absolute Gasteiger partial charge is 0.319 e. The first kappa shape index (κ1) is 15.3. The minimum absolute atomic E-state index is 0.165. The van der Waals surface area contributed by atoms with Crippen LogP contribution in [-0.2, 0) is 4.79 Å². The third kappa shape index (κ3) is 4.79. The Morgan fingerprint density at radius 2 is 2.00 bits per heavy atom. The number of aliphatic carboxylic acids is 1. The summed E-state index contributed by atoms with van der Waals surface area (Å²) in [5, 5.41) is 14.4. The van der Waals surface area contributed by atoms with Crippen molar-refractivity contribution in [2.24, 2.45) is 0 Å². The van der Waals surface area contributed by atoms with Crippen LogP contribution in [0.3, 0.4) is 0 Å². The van der Waals surface area contributed by atoms with E-state index in [4.69, 9.17) is 16.7 Å². The molecule has 1 rings (SSSR count). The summed E-state index contributed by atoms with van der Waals surface area (Å²) in [6, 6.07) is 4.80. The summed E-state index contributed by atoms with van der Waals surface area (Å²) in [6.07, 6.45) is -0.165. The summed E-state index contributed by atoms with van der Waals surface area (Å²) in [5.41, 5.74) is 0.501. The summed E-state index contributed by atoms with van der Waals surface area (Å²) in [5.74, 6) is -0.973. The van der Waals surface area contributed by atoms with E-state index >= 15 is 0 Å². The number of carbonyl (C=O) groups is 2. The minimum Gasteiger partial charge on any atom is -0.481 e. The Balaban J connectivity index is 2.70. The Bertz CT molecular complexity index is 501. The number of hydrogen-bond acceptors (Lipinski definition) is 2. The molecular formula is C13H17ClN2O3. The van der Waals surface area contributed by atoms with Crippen LogP contribution in [0.5, 0.6) is 0 Å². The highest BCUT2D eigenvalue weighted by Crippen LogP contribution is 2.25. The van der Waals surface area contributed by atoms with Crippen LogP contribution in [0.15, 0.2) is 18.2 Å². The molecule has 0 unspecified atom stereocenters. The van der Waals surface area contributed by atoms with Crippen LogP contribution < -0.4 is 10.6 Å². The fourth-order valence-electron chi connectivity index (χ4n) is 1.63. The zero-order chi connectivity index (χ0) is 14.6. The van der Waals surface area contributed by atoms with Crippen LogP contribution in [0.1, 0.15) is 25.8 Å². The van der Waals surface area contributed by atoms with Gasteiger partial charge in [-0.05, 0) is 32.4 Å². The van der Waals surface area contributed by atoms with Gasteiger partial charge < -0.3 is 15.7 Å². The van der Waals surface area contributed by atoms with Crippen LogP contribution >= 0.6 is 11.6 Å². The Hall–Kier alpha value is -1.75. The monoisotopic (exact) mass is 284 g/mol. The van der Waals surface area contributed by atoms with Crippen LogP contribution in [0.2, 0.25) is 5.02 Å². The van der Waals surface area contributed by atoms with Gasteiger partial charge in [-0.25, -0.2) is 4.79 Å². The van der Waals surface area contributed by atoms with Crippen molar-refractivity contribution in [3.05, 3.63) is 28.8 Å². The van der Waals surface area contributed by atoms with Gasteiger partial charge in [0, 0.05) is 5.54 Å². The van der Waals surface area contributed by atoms with E-state index in [1.54, 1.807) is 26.0 Å². The molecule has 0 aliphatic carbocycles. The number of carbonyl (C=O) groups excluding carboxylic acids is 1. The lowest BCUT2D eigenvalue weighted by atomic mass is 10.0. The van der Waals surface area contributed by atoms with E-state index in [0.29, 0.717) is 10.7 Å². The molecule has 104 valence electrons. The van der Waals surface area contributed by atoms with E-state index in [-0.39, 0.29) is 6.42 Å². The Morgan fingerprint density at radius 3 is 2.58 bits per heavy atom. The molecule has 0 aromatic heterocycles. The van der Waals surface area contributed by atoms with Crippen LogP contribution in [0, 0.1) is 6.92 Å². The Kier molecular flexibility index (Phi) is 4.78. The van der Waals surface area contributed by atoms with Gasteiger partial charge in [-0.15, -0.1) is 0 Å². The quantitative estimate of drug-likeness (QED) is 0.795. The number of urea groups is 1. The van der Waals surface area contributed by atoms with Crippen molar-refractivity contribution >= 4 is 29.3 Å². The maximum Gasteiger partial charge on any atom is 0.319 e. The SMILES string of the molecule is Cc1cccc(NC(=O)NC(C)(C)CC(=O)O)c1Cl. The van der Waals surface area contributed by atoms with Gasteiger partial charge in [0.25, 0.3) is 0 Å². The zero-order valence-electron chi connectivity index (χ0n) is 11.1. The standard InChI is InChI=1S/C13H17ClN2O3/c1-8-5-4-6-9(11(8)14)15-12(19)16-13(2,3)7-10(17)18/h4-6H,7H2,1-3H3,(H,17,18)(H2,15,16,19). The molecule has 0 bridgehead atoms. The number of hydrogen-bond donors (Lipinski definition) is 3. The maximum absolute atomic E-state index is 11.8. The molecule has 0 radical (unpaired) electrons. The number of anilines is 1. The van der Waals surface area contributed by atoms with Gasteiger partial charge >= 0.3 is 12.0 Å². The molecule has 6 heteroatoms. The molecule has 0 saturated heterocycles. The van der Waals surface area contributed by atoms with E-state index in [1.807, 2.05) is 13.0 Å². The summed E-state index contributed by atoms with van der Waals surface area (Å²) in [6.45, 7) is 5.11. The summed E-state index contributed by atoms with van der Waals surface area (Å²) >= 11 is 6.06. The van der Waals surface area contributed by atoms with Crippen LogP contribution in [-0.4, -0.2) is 22.6 Å². The second kappa shape index (κ2) is 5.93. The van der Waals surface area contributed by atoms with E-state index in [2.05, 4.69) is 10.6 Å². The number of aryl methyl sites for hydroxylation is 1. The van der Waals surface area contributed by atoms with Crippen molar-refractivity contribution in [2.75, 3.05) is 5.32 Å². The molecule has 2 amide bonds. The molecule has 1 aromatic carbocycles. The zero-order valence-corrected chi connectivity index (χ0v) is 11.8. The predicted octanol–water partition coefficient (Wildman–Crippen LogP) is 3.02. The highest BCUT2D eigenvalue weighted by molar-refractivity contribution is 6.34. The topological polar surface area (TPSA) is 78.4 Å². The van der Waals surface area contributed by atoms with Crippen molar-refractivity contribution in [1.29, 1.82) is 0 Å². The minimum atomic E-state index is -0.973. The number of amides is 2. The van der Waals surface area contributed by atoms with E-state index in [1.165, 1.54) is 0 Å². The van der Waals surface area contributed by atoms with Gasteiger partial charge in [0.2, 0.25) is 0 Å². The lowest BCUT2D eigenvalue weighted by Gasteiger charge is -2.24. The van der Waals surface area contributed by atoms with Gasteiger partial charge in [0.1, 0.15) is 0 Å². The highest BCUT2D eigenvalue weighted by Gasteiger charge is 2.24. The van der Waals surface area contributed by atoms with Crippen LogP contribution in [0.25, 0.3) is 0 Å². The molecule has 0 heterocycles. The number of rotatable bonds is 4. The first-order valence-electron chi connectivity index (χ1n) is 5.77. The van der Waals surface area contributed by atoms with Crippen molar-refractivity contribution in [3.63, 3.8) is 0 Å². The van der Waals surface area contributed by atoms with E-state index in [9.17, 15) is 9.59 Å². The molecule has 0 atom stereocenters. The lowest BCUT2D eigenvalue weighted by Crippen LogP contribution is -2.46.